The summed E-state index contributed by atoms with van der Waals surface area (Å²) < 4.78 is 9.00. The SMILES string of the molecule is c1ccc(-c2nc(-c3cc4ccccc4c4ccccc34)nc(-c3c(-c4cccc5c4sc4ccccc45)ccc4oc5ccccc5c34)n2)cc1. The molecule has 4 nitrogen and oxygen atoms in total. The van der Waals surface area contributed by atoms with E-state index in [9.17, 15) is 0 Å². The van der Waals surface area contributed by atoms with Crippen LogP contribution < -0.4 is 0 Å². The first-order valence-corrected chi connectivity index (χ1v) is 18.2. The quantitative estimate of drug-likeness (QED) is 0.174. The molecule has 0 saturated carbocycles. The molecular weight excluding hydrogens is 655 g/mol. The summed E-state index contributed by atoms with van der Waals surface area (Å²) in [4.78, 5) is 16.0. The second-order valence-electron chi connectivity index (χ2n) is 13.1. The summed E-state index contributed by atoms with van der Waals surface area (Å²) in [6.07, 6.45) is 0. The van der Waals surface area contributed by atoms with Crippen molar-refractivity contribution in [2.24, 2.45) is 0 Å². The minimum Gasteiger partial charge on any atom is -0.456 e. The van der Waals surface area contributed by atoms with Gasteiger partial charge >= 0.3 is 0 Å². The van der Waals surface area contributed by atoms with E-state index < -0.39 is 0 Å². The zero-order chi connectivity index (χ0) is 34.2. The number of hydrogen-bond acceptors (Lipinski definition) is 5. The van der Waals surface area contributed by atoms with Crippen LogP contribution in [0.25, 0.3) is 109 Å². The first-order chi connectivity index (χ1) is 25.8. The third kappa shape index (κ3) is 4.43. The fourth-order valence-electron chi connectivity index (χ4n) is 7.80. The number of rotatable bonds is 4. The van der Waals surface area contributed by atoms with E-state index in [0.717, 1.165) is 60.5 Å². The van der Waals surface area contributed by atoms with Crippen LogP contribution in [-0.2, 0) is 0 Å². The van der Waals surface area contributed by atoms with Crippen molar-refractivity contribution in [3.8, 4) is 45.3 Å². The van der Waals surface area contributed by atoms with Crippen LogP contribution in [0.2, 0.25) is 0 Å². The Hall–Kier alpha value is -6.69. The molecule has 0 aliphatic heterocycles. The van der Waals surface area contributed by atoms with E-state index in [1.54, 1.807) is 0 Å². The summed E-state index contributed by atoms with van der Waals surface area (Å²) in [5, 5.41) is 9.12. The predicted octanol–water partition coefficient (Wildman–Crippen LogP) is 13.1. The molecule has 5 heteroatoms. The van der Waals surface area contributed by atoms with Gasteiger partial charge in [0.05, 0.1) is 0 Å². The highest BCUT2D eigenvalue weighted by molar-refractivity contribution is 7.26. The predicted molar refractivity (Wildman–Crippen MR) is 217 cm³/mol. The van der Waals surface area contributed by atoms with Crippen molar-refractivity contribution in [2.45, 2.75) is 0 Å². The number of benzene rings is 8. The van der Waals surface area contributed by atoms with E-state index in [4.69, 9.17) is 19.4 Å². The van der Waals surface area contributed by atoms with Crippen LogP contribution in [0.3, 0.4) is 0 Å². The first kappa shape index (κ1) is 29.1. The lowest BCUT2D eigenvalue weighted by atomic mass is 9.93. The second kappa shape index (κ2) is 11.4. The molecule has 3 heterocycles. The summed E-state index contributed by atoms with van der Waals surface area (Å²) in [7, 11) is 0. The van der Waals surface area contributed by atoms with Gasteiger partial charge in [0.1, 0.15) is 11.2 Å². The van der Waals surface area contributed by atoms with Gasteiger partial charge in [-0.15, -0.1) is 11.3 Å². The average Bonchev–Trinajstić information content (AvgIpc) is 3.79. The van der Waals surface area contributed by atoms with Crippen molar-refractivity contribution in [3.05, 3.63) is 164 Å². The van der Waals surface area contributed by atoms with Gasteiger partial charge < -0.3 is 4.42 Å². The van der Waals surface area contributed by atoms with Crippen molar-refractivity contribution in [1.82, 2.24) is 15.0 Å². The van der Waals surface area contributed by atoms with E-state index in [2.05, 4.69) is 133 Å². The van der Waals surface area contributed by atoms with Gasteiger partial charge in [-0.3, -0.25) is 0 Å². The molecule has 0 unspecified atom stereocenters. The van der Waals surface area contributed by atoms with Crippen LogP contribution in [-0.4, -0.2) is 15.0 Å². The Bertz CT molecular complexity index is 3200. The lowest BCUT2D eigenvalue weighted by molar-refractivity contribution is 0.669. The standard InChI is InChI=1S/C47H27N3OS/c1-2-13-28(14-3-1)45-48-46(38-27-29-15-4-5-16-30(29)31-17-6-7-18-32(31)38)50-47(49-45)43-34(25-26-40-42(43)37-20-8-10-23-39(37)51-40)36-22-12-21-35-33-19-9-11-24-41(33)52-44(35)36/h1-27H. The maximum Gasteiger partial charge on any atom is 0.165 e. The molecule has 0 aliphatic carbocycles. The largest absolute Gasteiger partial charge is 0.456 e. The Morgan fingerprint density at radius 2 is 1.08 bits per heavy atom. The van der Waals surface area contributed by atoms with Crippen LogP contribution in [0.1, 0.15) is 0 Å². The van der Waals surface area contributed by atoms with E-state index in [1.165, 1.54) is 30.9 Å². The molecule has 0 aliphatic rings. The number of nitrogens with zero attached hydrogens (tertiary/aromatic N) is 3. The van der Waals surface area contributed by atoms with Crippen molar-refractivity contribution < 1.29 is 4.42 Å². The van der Waals surface area contributed by atoms with E-state index >= 15 is 0 Å². The van der Waals surface area contributed by atoms with E-state index in [-0.39, 0.29) is 0 Å². The summed E-state index contributed by atoms with van der Waals surface area (Å²) in [5.74, 6) is 1.85. The summed E-state index contributed by atoms with van der Waals surface area (Å²) in [5.41, 5.74) is 6.63. The highest BCUT2D eigenvalue weighted by Crippen LogP contribution is 2.47. The fourth-order valence-corrected chi connectivity index (χ4v) is 9.03. The molecule has 3 aromatic heterocycles. The molecular formula is C47H27N3OS. The zero-order valence-corrected chi connectivity index (χ0v) is 28.6. The van der Waals surface area contributed by atoms with Crippen molar-refractivity contribution >= 4 is 75.0 Å². The monoisotopic (exact) mass is 681 g/mol. The second-order valence-corrected chi connectivity index (χ2v) is 14.2. The molecule has 0 spiro atoms. The van der Waals surface area contributed by atoms with Gasteiger partial charge in [0.25, 0.3) is 0 Å². The maximum absolute atomic E-state index is 6.51. The van der Waals surface area contributed by atoms with E-state index in [0.29, 0.717) is 17.5 Å². The summed E-state index contributed by atoms with van der Waals surface area (Å²) in [6, 6.07) is 57.2. The highest BCUT2D eigenvalue weighted by Gasteiger charge is 2.24. The summed E-state index contributed by atoms with van der Waals surface area (Å²) in [6.45, 7) is 0. The van der Waals surface area contributed by atoms with Crippen molar-refractivity contribution in [3.63, 3.8) is 0 Å². The molecule has 11 aromatic rings. The third-order valence-corrected chi connectivity index (χ3v) is 11.4. The number of para-hydroxylation sites is 1. The molecule has 0 radical (unpaired) electrons. The maximum atomic E-state index is 6.51. The number of hydrogen-bond donors (Lipinski definition) is 0. The van der Waals surface area contributed by atoms with Gasteiger partial charge in [-0.1, -0.05) is 133 Å². The normalized spacial score (nSPS) is 11.8. The van der Waals surface area contributed by atoms with Gasteiger partial charge in [0.2, 0.25) is 0 Å². The van der Waals surface area contributed by atoms with Gasteiger partial charge in [0.15, 0.2) is 17.5 Å². The molecule has 0 atom stereocenters. The third-order valence-electron chi connectivity index (χ3n) is 10.1. The summed E-state index contributed by atoms with van der Waals surface area (Å²) >= 11 is 1.82. The number of thiophene rings is 1. The topological polar surface area (TPSA) is 51.8 Å². The molecule has 52 heavy (non-hydrogen) atoms. The van der Waals surface area contributed by atoms with Gasteiger partial charge in [-0.25, -0.2) is 15.0 Å². The Morgan fingerprint density at radius 3 is 1.96 bits per heavy atom. The number of fused-ring (bicyclic) bond motifs is 9. The van der Waals surface area contributed by atoms with Gasteiger partial charge in [0, 0.05) is 53.2 Å². The molecule has 0 saturated heterocycles. The minimum atomic E-state index is 0.603. The molecule has 0 fully saturated rings. The van der Waals surface area contributed by atoms with Crippen LogP contribution in [0.5, 0.6) is 0 Å². The lowest BCUT2D eigenvalue weighted by Crippen LogP contribution is -2.02. The smallest absolute Gasteiger partial charge is 0.165 e. The minimum absolute atomic E-state index is 0.603. The zero-order valence-electron chi connectivity index (χ0n) is 27.7. The van der Waals surface area contributed by atoms with Crippen molar-refractivity contribution in [2.75, 3.05) is 0 Å². The van der Waals surface area contributed by atoms with Gasteiger partial charge in [-0.2, -0.15) is 0 Å². The Kier molecular flexibility index (Phi) is 6.39. The molecule has 0 amide bonds. The molecule has 0 N–H and O–H groups in total. The van der Waals surface area contributed by atoms with Gasteiger partial charge in [-0.05, 0) is 57.4 Å². The van der Waals surface area contributed by atoms with E-state index in [1.807, 2.05) is 41.7 Å². The molecule has 0 bridgehead atoms. The Morgan fingerprint density at radius 1 is 0.404 bits per heavy atom. The highest BCUT2D eigenvalue weighted by atomic mass is 32.1. The number of aromatic nitrogens is 3. The molecule has 11 rings (SSSR count). The Balaban J connectivity index is 1.28. The fraction of sp³-hybridized carbons (Fsp3) is 0. The number of furan rings is 1. The van der Waals surface area contributed by atoms with Crippen LogP contribution in [0, 0.1) is 0 Å². The Labute approximate surface area is 302 Å². The average molecular weight is 682 g/mol. The van der Waals surface area contributed by atoms with Crippen molar-refractivity contribution in [1.29, 1.82) is 0 Å². The molecule has 8 aromatic carbocycles. The molecule has 242 valence electrons. The lowest BCUT2D eigenvalue weighted by Gasteiger charge is -2.15. The van der Waals surface area contributed by atoms with Crippen LogP contribution in [0.15, 0.2) is 168 Å². The van der Waals surface area contributed by atoms with Crippen LogP contribution in [0.4, 0.5) is 0 Å². The first-order valence-electron chi connectivity index (χ1n) is 17.4. The van der Waals surface area contributed by atoms with Crippen LogP contribution >= 0.6 is 11.3 Å².